The number of amides is 2. The molecule has 0 aliphatic rings. The number of para-hydroxylation sites is 2. The summed E-state index contributed by atoms with van der Waals surface area (Å²) in [6, 6.07) is 13.2. The molecule has 198 valence electrons. The number of hydrogen-bond donors (Lipinski definition) is 1. The molecule has 2 aromatic rings. The first-order valence-electron chi connectivity index (χ1n) is 11.9. The van der Waals surface area contributed by atoms with Crippen LogP contribution in [0.2, 0.25) is 5.02 Å². The van der Waals surface area contributed by atoms with Crippen molar-refractivity contribution in [1.82, 2.24) is 10.2 Å². The van der Waals surface area contributed by atoms with E-state index in [0.29, 0.717) is 16.5 Å². The molecule has 2 unspecified atom stereocenters. The maximum atomic E-state index is 13.3. The van der Waals surface area contributed by atoms with Gasteiger partial charge in [-0.05, 0) is 56.5 Å². The highest BCUT2D eigenvalue weighted by molar-refractivity contribution is 7.92. The van der Waals surface area contributed by atoms with Gasteiger partial charge in [-0.15, -0.1) is 0 Å². The molecule has 0 aliphatic heterocycles. The fourth-order valence-electron chi connectivity index (χ4n) is 3.65. The number of hydrogen-bond acceptors (Lipinski definition) is 5. The predicted octanol–water partition coefficient (Wildman–Crippen LogP) is 4.23. The molecule has 0 saturated carbocycles. The first-order chi connectivity index (χ1) is 17.0. The van der Waals surface area contributed by atoms with E-state index >= 15 is 0 Å². The van der Waals surface area contributed by atoms with Crippen LogP contribution in [0, 0.1) is 0 Å². The Hall–Kier alpha value is -2.78. The van der Waals surface area contributed by atoms with E-state index in [1.54, 1.807) is 43.3 Å². The number of ether oxygens (including phenoxy) is 1. The minimum Gasteiger partial charge on any atom is -0.495 e. The van der Waals surface area contributed by atoms with Crippen molar-refractivity contribution in [3.63, 3.8) is 0 Å². The van der Waals surface area contributed by atoms with Crippen molar-refractivity contribution in [2.45, 2.75) is 58.7 Å². The summed E-state index contributed by atoms with van der Waals surface area (Å²) in [7, 11) is -2.14. The topological polar surface area (TPSA) is 96.0 Å². The van der Waals surface area contributed by atoms with E-state index in [0.717, 1.165) is 18.2 Å². The van der Waals surface area contributed by atoms with Crippen molar-refractivity contribution in [3.8, 4) is 5.75 Å². The van der Waals surface area contributed by atoms with Crippen molar-refractivity contribution in [2.24, 2.45) is 0 Å². The summed E-state index contributed by atoms with van der Waals surface area (Å²) in [6.07, 6.45) is 2.22. The Morgan fingerprint density at radius 1 is 1.08 bits per heavy atom. The van der Waals surface area contributed by atoms with Crippen LogP contribution in [0.1, 0.15) is 45.6 Å². The van der Waals surface area contributed by atoms with Gasteiger partial charge in [0.05, 0.1) is 19.1 Å². The third-order valence-corrected chi connectivity index (χ3v) is 7.37. The van der Waals surface area contributed by atoms with Crippen molar-refractivity contribution in [2.75, 3.05) is 24.2 Å². The second-order valence-corrected chi connectivity index (χ2v) is 11.1. The maximum Gasteiger partial charge on any atom is 0.242 e. The minimum atomic E-state index is -3.62. The number of nitrogens with zero attached hydrogens (tertiary/aromatic N) is 2. The van der Waals surface area contributed by atoms with E-state index < -0.39 is 16.1 Å². The van der Waals surface area contributed by atoms with Crippen molar-refractivity contribution in [3.05, 3.63) is 59.1 Å². The Labute approximate surface area is 219 Å². The fraction of sp³-hybridized carbons (Fsp3) is 0.462. The van der Waals surface area contributed by atoms with E-state index in [2.05, 4.69) is 5.32 Å². The molecule has 2 amide bonds. The summed E-state index contributed by atoms with van der Waals surface area (Å²) in [6.45, 7) is 5.90. The molecular weight excluding hydrogens is 502 g/mol. The van der Waals surface area contributed by atoms with Crippen LogP contribution in [0.3, 0.4) is 0 Å². The van der Waals surface area contributed by atoms with Crippen LogP contribution in [0.4, 0.5) is 5.69 Å². The van der Waals surface area contributed by atoms with Crippen LogP contribution in [-0.2, 0) is 26.2 Å². The van der Waals surface area contributed by atoms with E-state index in [9.17, 15) is 18.0 Å². The molecule has 8 nitrogen and oxygen atoms in total. The molecule has 36 heavy (non-hydrogen) atoms. The average Bonchev–Trinajstić information content (AvgIpc) is 2.84. The molecule has 0 radical (unpaired) electrons. The minimum absolute atomic E-state index is 0.0170. The first-order valence-corrected chi connectivity index (χ1v) is 14.2. The molecule has 0 saturated heterocycles. The Morgan fingerprint density at radius 2 is 1.72 bits per heavy atom. The molecule has 0 bridgehead atoms. The average molecular weight is 538 g/mol. The van der Waals surface area contributed by atoms with Crippen molar-refractivity contribution >= 4 is 39.1 Å². The second-order valence-electron chi connectivity index (χ2n) is 8.75. The number of benzene rings is 2. The molecule has 1 N–H and O–H groups in total. The zero-order valence-electron chi connectivity index (χ0n) is 21.5. The summed E-state index contributed by atoms with van der Waals surface area (Å²) in [5.41, 5.74) is 1.25. The van der Waals surface area contributed by atoms with Gasteiger partial charge in [-0.25, -0.2) is 8.42 Å². The van der Waals surface area contributed by atoms with Gasteiger partial charge in [-0.1, -0.05) is 42.8 Å². The standard InChI is InChI=1S/C26H36ClN3O5S/c1-6-19(2)28-26(32)20(3)29(18-21-13-15-22(27)16-14-21)25(31)12-9-17-30(36(5,33)34)23-10-7-8-11-24(23)35-4/h7-8,10-11,13-16,19-20H,6,9,12,17-18H2,1-5H3,(H,28,32). The summed E-state index contributed by atoms with van der Waals surface area (Å²) < 4.78 is 31.6. The van der Waals surface area contributed by atoms with E-state index in [4.69, 9.17) is 16.3 Å². The van der Waals surface area contributed by atoms with E-state index in [-0.39, 0.29) is 43.8 Å². The van der Waals surface area contributed by atoms with E-state index in [1.807, 2.05) is 26.0 Å². The third-order valence-electron chi connectivity index (χ3n) is 5.94. The summed E-state index contributed by atoms with van der Waals surface area (Å²) in [5.74, 6) is -0.0577. The lowest BCUT2D eigenvalue weighted by Gasteiger charge is -2.30. The molecule has 10 heteroatoms. The zero-order chi connectivity index (χ0) is 26.9. The van der Waals surface area contributed by atoms with Gasteiger partial charge in [0.15, 0.2) is 0 Å². The number of carbonyl (C=O) groups is 2. The van der Waals surface area contributed by atoms with Crippen LogP contribution in [0.15, 0.2) is 48.5 Å². The Morgan fingerprint density at radius 3 is 2.31 bits per heavy atom. The highest BCUT2D eigenvalue weighted by Gasteiger charge is 2.27. The second kappa shape index (κ2) is 13.5. The third kappa shape index (κ3) is 8.41. The van der Waals surface area contributed by atoms with Gasteiger partial charge in [-0.3, -0.25) is 13.9 Å². The predicted molar refractivity (Wildman–Crippen MR) is 144 cm³/mol. The Balaban J connectivity index is 2.19. The van der Waals surface area contributed by atoms with Gasteiger partial charge in [0.2, 0.25) is 21.8 Å². The normalized spacial score (nSPS) is 12.9. The van der Waals surface area contributed by atoms with Crippen LogP contribution in [0.25, 0.3) is 0 Å². The summed E-state index contributed by atoms with van der Waals surface area (Å²) in [4.78, 5) is 27.7. The zero-order valence-corrected chi connectivity index (χ0v) is 23.1. The molecule has 0 spiro atoms. The largest absolute Gasteiger partial charge is 0.495 e. The Kier molecular flexibility index (Phi) is 11.0. The summed E-state index contributed by atoms with van der Waals surface area (Å²) >= 11 is 6.00. The van der Waals surface area contributed by atoms with Crippen LogP contribution >= 0.6 is 11.6 Å². The number of anilines is 1. The van der Waals surface area contributed by atoms with Gasteiger partial charge in [0.1, 0.15) is 11.8 Å². The molecule has 0 fully saturated rings. The lowest BCUT2D eigenvalue weighted by molar-refractivity contribution is -0.140. The fourth-order valence-corrected chi connectivity index (χ4v) is 4.75. The van der Waals surface area contributed by atoms with E-state index in [1.165, 1.54) is 16.3 Å². The van der Waals surface area contributed by atoms with Gasteiger partial charge in [-0.2, -0.15) is 0 Å². The molecule has 2 atom stereocenters. The number of rotatable bonds is 13. The molecule has 0 aliphatic carbocycles. The van der Waals surface area contributed by atoms with Crippen LogP contribution < -0.4 is 14.4 Å². The highest BCUT2D eigenvalue weighted by Crippen LogP contribution is 2.29. The SMILES string of the molecule is CCC(C)NC(=O)C(C)N(Cc1ccc(Cl)cc1)C(=O)CCCN(c1ccccc1OC)S(C)(=O)=O. The van der Waals surface area contributed by atoms with Crippen molar-refractivity contribution in [1.29, 1.82) is 0 Å². The van der Waals surface area contributed by atoms with Gasteiger partial charge in [0, 0.05) is 30.6 Å². The number of sulfonamides is 1. The number of nitrogens with one attached hydrogen (secondary N) is 1. The Bertz CT molecular complexity index is 1120. The number of halogens is 1. The first kappa shape index (κ1) is 29.5. The molecule has 0 aromatic heterocycles. The van der Waals surface area contributed by atoms with Crippen LogP contribution in [-0.4, -0.2) is 57.1 Å². The van der Waals surface area contributed by atoms with Crippen LogP contribution in [0.5, 0.6) is 5.75 Å². The number of carbonyl (C=O) groups excluding carboxylic acids is 2. The monoisotopic (exact) mass is 537 g/mol. The molecule has 0 heterocycles. The maximum absolute atomic E-state index is 13.3. The van der Waals surface area contributed by atoms with Gasteiger partial charge >= 0.3 is 0 Å². The van der Waals surface area contributed by atoms with Gasteiger partial charge < -0.3 is 15.0 Å². The van der Waals surface area contributed by atoms with Gasteiger partial charge in [0.25, 0.3) is 0 Å². The summed E-state index contributed by atoms with van der Waals surface area (Å²) in [5, 5.41) is 3.51. The lowest BCUT2D eigenvalue weighted by Crippen LogP contribution is -2.49. The smallest absolute Gasteiger partial charge is 0.242 e. The quantitative estimate of drug-likeness (QED) is 0.412. The molecular formula is C26H36ClN3O5S. The number of methoxy groups -OCH3 is 1. The lowest BCUT2D eigenvalue weighted by atomic mass is 10.1. The molecule has 2 rings (SSSR count). The van der Waals surface area contributed by atoms with Crippen molar-refractivity contribution < 1.29 is 22.7 Å². The highest BCUT2D eigenvalue weighted by atomic mass is 35.5. The molecule has 2 aromatic carbocycles.